The van der Waals surface area contributed by atoms with Gasteiger partial charge in [-0.1, -0.05) is 35.3 Å². The molecular weight excluding hydrogens is 345 g/mol. The molecule has 0 aliphatic carbocycles. The third-order valence-corrected chi connectivity index (χ3v) is 4.39. The lowest BCUT2D eigenvalue weighted by Gasteiger charge is -2.10. The molecule has 0 atom stereocenters. The van der Waals surface area contributed by atoms with E-state index in [0.717, 1.165) is 28.3 Å². The van der Waals surface area contributed by atoms with Crippen LogP contribution in [0.25, 0.3) is 11.3 Å². The highest BCUT2D eigenvalue weighted by Crippen LogP contribution is 2.31. The van der Waals surface area contributed by atoms with Crippen LogP contribution < -0.4 is 10.5 Å². The molecule has 0 unspecified atom stereocenters. The lowest BCUT2D eigenvalue weighted by Crippen LogP contribution is -2.08. The van der Waals surface area contributed by atoms with Crippen molar-refractivity contribution >= 4 is 23.2 Å². The molecule has 3 aromatic rings. The minimum atomic E-state index is 0.366. The average Bonchev–Trinajstić information content (AvgIpc) is 2.98. The Morgan fingerprint density at radius 2 is 1.88 bits per heavy atom. The van der Waals surface area contributed by atoms with Gasteiger partial charge in [0.1, 0.15) is 5.75 Å². The van der Waals surface area contributed by atoms with Crippen molar-refractivity contribution in [2.45, 2.75) is 13.1 Å². The number of rotatable bonds is 5. The minimum Gasteiger partial charge on any atom is -0.497 e. The summed E-state index contributed by atoms with van der Waals surface area (Å²) in [6.07, 6.45) is 1.78. The Balaban J connectivity index is 1.94. The molecule has 0 spiro atoms. The van der Waals surface area contributed by atoms with E-state index in [0.29, 0.717) is 23.1 Å². The molecule has 2 N–H and O–H groups in total. The Labute approximate surface area is 150 Å². The van der Waals surface area contributed by atoms with Gasteiger partial charge in [0.05, 0.1) is 29.8 Å². The third-order valence-electron chi connectivity index (χ3n) is 3.84. The number of halogens is 2. The van der Waals surface area contributed by atoms with Crippen molar-refractivity contribution < 1.29 is 4.74 Å². The van der Waals surface area contributed by atoms with Crippen LogP contribution in [0, 0.1) is 0 Å². The van der Waals surface area contributed by atoms with Gasteiger partial charge in [0.15, 0.2) is 0 Å². The molecule has 6 heteroatoms. The van der Waals surface area contributed by atoms with E-state index in [-0.39, 0.29) is 0 Å². The van der Waals surface area contributed by atoms with Gasteiger partial charge in [-0.05, 0) is 35.9 Å². The Kier molecular flexibility index (Phi) is 5.09. The second-order valence-corrected chi connectivity index (χ2v) is 6.19. The van der Waals surface area contributed by atoms with Crippen LogP contribution in [-0.4, -0.2) is 16.7 Å². The second kappa shape index (κ2) is 7.26. The van der Waals surface area contributed by atoms with Crippen molar-refractivity contribution in [2.75, 3.05) is 7.11 Å². The molecule has 0 amide bonds. The first-order valence-corrected chi connectivity index (χ1v) is 8.20. The van der Waals surface area contributed by atoms with Gasteiger partial charge in [0.25, 0.3) is 0 Å². The van der Waals surface area contributed by atoms with Crippen molar-refractivity contribution in [1.82, 2.24) is 9.55 Å². The van der Waals surface area contributed by atoms with Crippen LogP contribution in [0.4, 0.5) is 0 Å². The van der Waals surface area contributed by atoms with E-state index in [1.165, 1.54) is 0 Å². The van der Waals surface area contributed by atoms with E-state index < -0.39 is 0 Å². The molecule has 0 aliphatic rings. The molecule has 3 rings (SSSR count). The number of hydrogen-bond donors (Lipinski definition) is 1. The van der Waals surface area contributed by atoms with Crippen molar-refractivity contribution in [2.24, 2.45) is 5.73 Å². The second-order valence-electron chi connectivity index (χ2n) is 5.34. The van der Waals surface area contributed by atoms with E-state index in [1.807, 2.05) is 34.9 Å². The summed E-state index contributed by atoms with van der Waals surface area (Å²) in [4.78, 5) is 4.51. The Bertz CT molecular complexity index is 844. The molecule has 0 radical (unpaired) electrons. The number of ether oxygens (including phenoxy) is 1. The molecule has 0 fully saturated rings. The summed E-state index contributed by atoms with van der Waals surface area (Å²) in [6.45, 7) is 1.04. The van der Waals surface area contributed by atoms with Crippen molar-refractivity contribution in [1.29, 1.82) is 0 Å². The van der Waals surface area contributed by atoms with E-state index in [9.17, 15) is 0 Å². The number of nitrogens with zero attached hydrogens (tertiary/aromatic N) is 2. The molecule has 1 heterocycles. The van der Waals surface area contributed by atoms with Crippen LogP contribution in [0.1, 0.15) is 11.3 Å². The fourth-order valence-corrected chi connectivity index (χ4v) is 3.09. The SMILES string of the molecule is COc1ccc(Cn2cnc(-c3ccc(Cl)cc3Cl)c2CN)cc1. The van der Waals surface area contributed by atoms with Gasteiger partial charge in [0.2, 0.25) is 0 Å². The average molecular weight is 362 g/mol. The summed E-state index contributed by atoms with van der Waals surface area (Å²) in [5, 5.41) is 1.16. The molecular formula is C18H17Cl2N3O. The largest absolute Gasteiger partial charge is 0.497 e. The highest BCUT2D eigenvalue weighted by molar-refractivity contribution is 6.36. The van der Waals surface area contributed by atoms with Crippen LogP contribution >= 0.6 is 23.2 Å². The van der Waals surface area contributed by atoms with Gasteiger partial charge >= 0.3 is 0 Å². The first-order valence-electron chi connectivity index (χ1n) is 7.44. The van der Waals surface area contributed by atoms with Crippen LogP contribution in [0.2, 0.25) is 10.0 Å². The monoisotopic (exact) mass is 361 g/mol. The maximum atomic E-state index is 6.31. The number of methoxy groups -OCH3 is 1. The molecule has 0 aliphatic heterocycles. The molecule has 4 nitrogen and oxygen atoms in total. The highest BCUT2D eigenvalue weighted by atomic mass is 35.5. The van der Waals surface area contributed by atoms with E-state index in [2.05, 4.69) is 4.98 Å². The quantitative estimate of drug-likeness (QED) is 0.733. The van der Waals surface area contributed by atoms with Crippen molar-refractivity contribution in [3.05, 3.63) is 70.1 Å². The number of hydrogen-bond acceptors (Lipinski definition) is 3. The van der Waals surface area contributed by atoms with Gasteiger partial charge in [-0.3, -0.25) is 0 Å². The van der Waals surface area contributed by atoms with Crippen LogP contribution in [-0.2, 0) is 13.1 Å². The van der Waals surface area contributed by atoms with Gasteiger partial charge in [-0.15, -0.1) is 0 Å². The Morgan fingerprint density at radius 3 is 2.50 bits per heavy atom. The summed E-state index contributed by atoms with van der Waals surface area (Å²) in [5.74, 6) is 0.831. The highest BCUT2D eigenvalue weighted by Gasteiger charge is 2.15. The molecule has 2 aromatic carbocycles. The molecule has 124 valence electrons. The summed E-state index contributed by atoms with van der Waals surface area (Å²) < 4.78 is 7.21. The molecule has 1 aromatic heterocycles. The predicted octanol–water partition coefficient (Wildman–Crippen LogP) is 4.37. The first kappa shape index (κ1) is 16.8. The van der Waals surface area contributed by atoms with Gasteiger partial charge in [-0.2, -0.15) is 0 Å². The summed E-state index contributed by atoms with van der Waals surface area (Å²) >= 11 is 12.3. The summed E-state index contributed by atoms with van der Waals surface area (Å²) in [7, 11) is 1.65. The number of imidazole rings is 1. The molecule has 24 heavy (non-hydrogen) atoms. The summed E-state index contributed by atoms with van der Waals surface area (Å²) in [6, 6.07) is 13.3. The third kappa shape index (κ3) is 3.41. The zero-order valence-corrected chi connectivity index (χ0v) is 14.7. The number of aromatic nitrogens is 2. The molecule has 0 bridgehead atoms. The lowest BCUT2D eigenvalue weighted by atomic mass is 10.1. The standard InChI is InChI=1S/C18H17Cl2N3O/c1-24-14-5-2-12(3-6-14)10-23-11-22-18(17(23)9-21)15-7-4-13(19)8-16(15)20/h2-8,11H,9-10,21H2,1H3. The fourth-order valence-electron chi connectivity index (χ4n) is 2.59. The topological polar surface area (TPSA) is 53.1 Å². The Hall–Kier alpha value is -2.01. The van der Waals surface area contributed by atoms with Gasteiger partial charge in [0, 0.05) is 23.7 Å². The number of nitrogens with two attached hydrogens (primary N) is 1. The van der Waals surface area contributed by atoms with Crippen LogP contribution in [0.3, 0.4) is 0 Å². The molecule has 0 saturated heterocycles. The Morgan fingerprint density at radius 1 is 1.12 bits per heavy atom. The molecule has 0 saturated carbocycles. The lowest BCUT2D eigenvalue weighted by molar-refractivity contribution is 0.414. The summed E-state index contributed by atoms with van der Waals surface area (Å²) in [5.41, 5.74) is 9.64. The van der Waals surface area contributed by atoms with Crippen molar-refractivity contribution in [3.63, 3.8) is 0 Å². The fraction of sp³-hybridized carbons (Fsp3) is 0.167. The first-order chi connectivity index (χ1) is 11.6. The zero-order valence-electron chi connectivity index (χ0n) is 13.2. The number of benzene rings is 2. The van der Waals surface area contributed by atoms with Crippen LogP contribution in [0.5, 0.6) is 5.75 Å². The van der Waals surface area contributed by atoms with Crippen LogP contribution in [0.15, 0.2) is 48.8 Å². The predicted molar refractivity (Wildman–Crippen MR) is 97.7 cm³/mol. The van der Waals surface area contributed by atoms with E-state index in [1.54, 1.807) is 25.6 Å². The maximum absolute atomic E-state index is 6.31. The maximum Gasteiger partial charge on any atom is 0.118 e. The normalized spacial score (nSPS) is 10.8. The van der Waals surface area contributed by atoms with Crippen molar-refractivity contribution in [3.8, 4) is 17.0 Å². The van der Waals surface area contributed by atoms with E-state index in [4.69, 9.17) is 33.7 Å². The van der Waals surface area contributed by atoms with Gasteiger partial charge < -0.3 is 15.0 Å². The smallest absolute Gasteiger partial charge is 0.118 e. The van der Waals surface area contributed by atoms with Gasteiger partial charge in [-0.25, -0.2) is 4.98 Å². The minimum absolute atomic E-state index is 0.366. The van der Waals surface area contributed by atoms with E-state index >= 15 is 0 Å². The zero-order chi connectivity index (χ0) is 17.1.